The molecule has 2 nitrogen and oxygen atoms in total. The molecule has 0 radical (unpaired) electrons. The summed E-state index contributed by atoms with van der Waals surface area (Å²) < 4.78 is 0. The summed E-state index contributed by atoms with van der Waals surface area (Å²) in [7, 11) is 0. The minimum Gasteiger partial charge on any atom is -0.292 e. The van der Waals surface area contributed by atoms with Gasteiger partial charge in [-0.15, -0.1) is 0 Å². The van der Waals surface area contributed by atoms with E-state index < -0.39 is 0 Å². The van der Waals surface area contributed by atoms with Gasteiger partial charge in [0.2, 0.25) is 0 Å². The first kappa shape index (κ1) is 15.2. The van der Waals surface area contributed by atoms with E-state index in [0.717, 1.165) is 31.5 Å². The maximum atomic E-state index is 13.2. The smallest absolute Gasteiger partial charge is 0.183 e. The van der Waals surface area contributed by atoms with Crippen LogP contribution >= 0.6 is 0 Å². The highest BCUT2D eigenvalue weighted by Crippen LogP contribution is 2.32. The second-order valence-electron chi connectivity index (χ2n) is 6.14. The molecule has 0 saturated carbocycles. The average molecular weight is 273 g/mol. The minimum absolute atomic E-state index is 0.295. The molecule has 20 heavy (non-hydrogen) atoms. The van der Waals surface area contributed by atoms with Crippen LogP contribution in [0.5, 0.6) is 0 Å². The van der Waals surface area contributed by atoms with Gasteiger partial charge < -0.3 is 0 Å². The summed E-state index contributed by atoms with van der Waals surface area (Å²) in [5.41, 5.74) is 2.95. The summed E-state index contributed by atoms with van der Waals surface area (Å²) in [6, 6.07) is 6.23. The minimum atomic E-state index is -0.295. The Morgan fingerprint density at radius 1 is 1.05 bits per heavy atom. The molecule has 1 aromatic carbocycles. The van der Waals surface area contributed by atoms with Crippen LogP contribution in [0.2, 0.25) is 0 Å². The van der Waals surface area contributed by atoms with Crippen LogP contribution in [0, 0.1) is 13.8 Å². The summed E-state index contributed by atoms with van der Waals surface area (Å²) in [5, 5.41) is 0. The fourth-order valence-corrected chi connectivity index (χ4v) is 3.68. The molecule has 2 rings (SSSR count). The first-order chi connectivity index (χ1) is 9.53. The van der Waals surface area contributed by atoms with Crippen molar-refractivity contribution in [3.8, 4) is 0 Å². The molecule has 1 aromatic rings. The van der Waals surface area contributed by atoms with E-state index in [0.29, 0.717) is 5.78 Å². The fraction of sp³-hybridized carbons (Fsp3) is 0.611. The van der Waals surface area contributed by atoms with Gasteiger partial charge in [0.25, 0.3) is 0 Å². The van der Waals surface area contributed by atoms with Gasteiger partial charge in [-0.2, -0.15) is 0 Å². The number of carbonyl (C=O) groups excluding carboxylic acids is 1. The highest BCUT2D eigenvalue weighted by atomic mass is 16.1. The Hall–Kier alpha value is -1.15. The summed E-state index contributed by atoms with van der Waals surface area (Å²) in [6.45, 7) is 10.6. The Morgan fingerprint density at radius 3 is 2.00 bits per heavy atom. The van der Waals surface area contributed by atoms with Crippen LogP contribution in [0.1, 0.15) is 61.0 Å². The molecular formula is C18H27NO. The van der Waals surface area contributed by atoms with Gasteiger partial charge in [-0.3, -0.25) is 9.69 Å². The molecule has 0 aromatic heterocycles. The molecule has 0 unspecified atom stereocenters. The van der Waals surface area contributed by atoms with Crippen molar-refractivity contribution in [2.45, 2.75) is 58.9 Å². The summed E-state index contributed by atoms with van der Waals surface area (Å²) in [4.78, 5) is 15.6. The van der Waals surface area contributed by atoms with Gasteiger partial charge in [-0.1, -0.05) is 31.0 Å². The third-order valence-electron chi connectivity index (χ3n) is 4.79. The first-order valence-electron chi connectivity index (χ1n) is 7.91. The molecule has 1 aliphatic rings. The zero-order valence-corrected chi connectivity index (χ0v) is 13.3. The Morgan fingerprint density at radius 2 is 1.55 bits per heavy atom. The van der Waals surface area contributed by atoms with E-state index >= 15 is 0 Å². The monoisotopic (exact) mass is 273 g/mol. The van der Waals surface area contributed by atoms with E-state index in [9.17, 15) is 4.79 Å². The van der Waals surface area contributed by atoms with Crippen molar-refractivity contribution in [1.29, 1.82) is 0 Å². The summed E-state index contributed by atoms with van der Waals surface area (Å²) in [6.07, 6.45) is 4.24. The van der Waals surface area contributed by atoms with E-state index in [-0.39, 0.29) is 5.54 Å². The van der Waals surface area contributed by atoms with Gasteiger partial charge in [0.15, 0.2) is 5.78 Å². The van der Waals surface area contributed by atoms with Crippen molar-refractivity contribution >= 4 is 5.78 Å². The molecule has 1 aliphatic heterocycles. The number of hydrogen-bond donors (Lipinski definition) is 0. The average Bonchev–Trinajstić information content (AvgIpc) is 2.94. The maximum absolute atomic E-state index is 13.2. The predicted octanol–water partition coefficient (Wildman–Crippen LogP) is 4.14. The highest BCUT2D eigenvalue weighted by molar-refractivity contribution is 6.03. The van der Waals surface area contributed by atoms with Crippen LogP contribution in [-0.4, -0.2) is 29.3 Å². The zero-order chi connectivity index (χ0) is 14.8. The van der Waals surface area contributed by atoms with Crippen LogP contribution in [-0.2, 0) is 0 Å². The van der Waals surface area contributed by atoms with Gasteiger partial charge >= 0.3 is 0 Å². The quantitative estimate of drug-likeness (QED) is 0.751. The second-order valence-corrected chi connectivity index (χ2v) is 6.14. The second kappa shape index (κ2) is 6.09. The Labute approximate surface area is 123 Å². The van der Waals surface area contributed by atoms with Crippen molar-refractivity contribution in [1.82, 2.24) is 4.90 Å². The van der Waals surface area contributed by atoms with E-state index in [2.05, 4.69) is 38.7 Å². The number of ketones is 1. The van der Waals surface area contributed by atoms with Gasteiger partial charge in [0, 0.05) is 5.56 Å². The standard InChI is InChI=1S/C18H27NO/c1-5-18(6-2,19-9-7-8-10-19)17(20)16-12-14(3)11-15(4)13-16/h11-13H,5-10H2,1-4H3. The lowest BCUT2D eigenvalue weighted by atomic mass is 9.82. The normalized spacial score (nSPS) is 16.6. The van der Waals surface area contributed by atoms with Crippen molar-refractivity contribution in [3.05, 3.63) is 34.9 Å². The van der Waals surface area contributed by atoms with Crippen LogP contribution in [0.3, 0.4) is 0 Å². The van der Waals surface area contributed by atoms with Crippen molar-refractivity contribution in [2.24, 2.45) is 0 Å². The summed E-state index contributed by atoms with van der Waals surface area (Å²) >= 11 is 0. The highest BCUT2D eigenvalue weighted by Gasteiger charge is 2.42. The number of carbonyl (C=O) groups is 1. The van der Waals surface area contributed by atoms with Gasteiger partial charge in [0.05, 0.1) is 5.54 Å². The van der Waals surface area contributed by atoms with Gasteiger partial charge in [-0.25, -0.2) is 0 Å². The van der Waals surface area contributed by atoms with E-state index in [4.69, 9.17) is 0 Å². The Bertz CT molecular complexity index is 462. The molecule has 0 amide bonds. The number of hydrogen-bond acceptors (Lipinski definition) is 2. The number of Topliss-reactive ketones (excluding diaryl/α,β-unsaturated/α-hetero) is 1. The Balaban J connectivity index is 2.40. The number of benzene rings is 1. The number of likely N-dealkylation sites (tertiary alicyclic amines) is 1. The van der Waals surface area contributed by atoms with E-state index in [1.807, 2.05) is 12.1 Å². The largest absolute Gasteiger partial charge is 0.292 e. The third kappa shape index (κ3) is 2.67. The van der Waals surface area contributed by atoms with Crippen LogP contribution in [0.25, 0.3) is 0 Å². The van der Waals surface area contributed by atoms with E-state index in [1.165, 1.54) is 24.0 Å². The fourth-order valence-electron chi connectivity index (χ4n) is 3.68. The van der Waals surface area contributed by atoms with E-state index in [1.54, 1.807) is 0 Å². The lowest BCUT2D eigenvalue weighted by Gasteiger charge is -2.39. The number of nitrogens with zero attached hydrogens (tertiary/aromatic N) is 1. The molecule has 0 aliphatic carbocycles. The SMILES string of the molecule is CCC(CC)(C(=O)c1cc(C)cc(C)c1)N1CCCC1. The maximum Gasteiger partial charge on any atom is 0.183 e. The van der Waals surface area contributed by atoms with Gasteiger partial charge in [-0.05, 0) is 64.8 Å². The number of rotatable bonds is 5. The van der Waals surface area contributed by atoms with Gasteiger partial charge in [0.1, 0.15) is 0 Å². The van der Waals surface area contributed by atoms with Crippen LogP contribution < -0.4 is 0 Å². The molecule has 110 valence electrons. The molecule has 0 spiro atoms. The molecule has 2 heteroatoms. The Kier molecular flexibility index (Phi) is 4.64. The lowest BCUT2D eigenvalue weighted by molar-refractivity contribution is 0.0581. The summed E-state index contributed by atoms with van der Waals surface area (Å²) in [5.74, 6) is 0.316. The van der Waals surface area contributed by atoms with Crippen molar-refractivity contribution in [3.63, 3.8) is 0 Å². The predicted molar refractivity (Wildman–Crippen MR) is 84.4 cm³/mol. The zero-order valence-electron chi connectivity index (χ0n) is 13.3. The molecule has 0 atom stereocenters. The lowest BCUT2D eigenvalue weighted by Crippen LogP contribution is -2.52. The first-order valence-corrected chi connectivity index (χ1v) is 7.91. The molecule has 1 fully saturated rings. The van der Waals surface area contributed by atoms with Crippen molar-refractivity contribution in [2.75, 3.05) is 13.1 Å². The van der Waals surface area contributed by atoms with Crippen LogP contribution in [0.4, 0.5) is 0 Å². The van der Waals surface area contributed by atoms with Crippen LogP contribution in [0.15, 0.2) is 18.2 Å². The molecule has 1 saturated heterocycles. The molecule has 0 bridgehead atoms. The third-order valence-corrected chi connectivity index (χ3v) is 4.79. The topological polar surface area (TPSA) is 20.3 Å². The molecule has 0 N–H and O–H groups in total. The molecular weight excluding hydrogens is 246 g/mol. The van der Waals surface area contributed by atoms with Crippen molar-refractivity contribution < 1.29 is 4.79 Å². The number of aryl methyl sites for hydroxylation is 2. The molecule has 1 heterocycles.